The monoisotopic (exact) mass is 458 g/mol. The topological polar surface area (TPSA) is 97.9 Å². The van der Waals surface area contributed by atoms with E-state index < -0.39 is 10.0 Å². The fourth-order valence-electron chi connectivity index (χ4n) is 3.82. The number of rotatable bonds is 8. The summed E-state index contributed by atoms with van der Waals surface area (Å²) in [4.78, 5) is 15.7. The number of aromatic amines is 1. The Balaban J connectivity index is 1.71. The van der Waals surface area contributed by atoms with E-state index in [0.717, 1.165) is 18.2 Å². The Kier molecular flexibility index (Phi) is 6.50. The van der Waals surface area contributed by atoms with Crippen LogP contribution in [-0.2, 0) is 21.3 Å². The summed E-state index contributed by atoms with van der Waals surface area (Å²) < 4.78 is 44.4. The molecule has 0 aliphatic carbocycles. The average molecular weight is 459 g/mol. The number of aromatic nitrogens is 1. The van der Waals surface area contributed by atoms with E-state index in [2.05, 4.69) is 4.98 Å². The first-order valence-corrected chi connectivity index (χ1v) is 11.8. The largest absolute Gasteiger partial charge is 0.497 e. The van der Waals surface area contributed by atoms with Crippen molar-refractivity contribution in [2.75, 3.05) is 27.4 Å². The standard InChI is InChI=1S/C23H26N2O6S/c1-29-18-5-8-21(9-6-18)32(27,28)25(15-20-4-3-11-31-20)14-17-12-16-13-19(30-2)7-10-22(16)24-23(17)26/h5-10,12-13,20H,3-4,11,14-15H2,1-2H3,(H,24,26). The molecular weight excluding hydrogens is 432 g/mol. The maximum absolute atomic E-state index is 13.5. The molecule has 1 aliphatic heterocycles. The van der Waals surface area contributed by atoms with Crippen LogP contribution >= 0.6 is 0 Å². The van der Waals surface area contributed by atoms with E-state index in [1.807, 2.05) is 0 Å². The quantitative estimate of drug-likeness (QED) is 0.557. The molecule has 1 saturated heterocycles. The molecule has 1 aromatic heterocycles. The lowest BCUT2D eigenvalue weighted by Crippen LogP contribution is -2.38. The predicted molar refractivity (Wildman–Crippen MR) is 121 cm³/mol. The molecule has 1 N–H and O–H groups in total. The highest BCUT2D eigenvalue weighted by atomic mass is 32.2. The summed E-state index contributed by atoms with van der Waals surface area (Å²) in [5.41, 5.74) is 0.675. The minimum absolute atomic E-state index is 0.0727. The number of hydrogen-bond acceptors (Lipinski definition) is 6. The predicted octanol–water partition coefficient (Wildman–Crippen LogP) is 2.92. The molecule has 170 valence electrons. The summed E-state index contributed by atoms with van der Waals surface area (Å²) in [6, 6.07) is 13.3. The lowest BCUT2D eigenvalue weighted by molar-refractivity contribution is 0.0925. The summed E-state index contributed by atoms with van der Waals surface area (Å²) in [6.45, 7) is 0.706. The van der Waals surface area contributed by atoms with Gasteiger partial charge in [0.2, 0.25) is 10.0 Å². The maximum Gasteiger partial charge on any atom is 0.252 e. The van der Waals surface area contributed by atoms with Gasteiger partial charge < -0.3 is 19.2 Å². The van der Waals surface area contributed by atoms with Crippen LogP contribution in [0.5, 0.6) is 11.5 Å². The second kappa shape index (κ2) is 9.32. The second-order valence-corrected chi connectivity index (χ2v) is 9.62. The first-order valence-electron chi connectivity index (χ1n) is 10.4. The molecule has 9 heteroatoms. The Bertz CT molecular complexity index is 1250. The van der Waals surface area contributed by atoms with Crippen LogP contribution in [-0.4, -0.2) is 51.2 Å². The van der Waals surface area contributed by atoms with E-state index in [1.165, 1.54) is 23.5 Å². The number of nitrogens with one attached hydrogen (secondary N) is 1. The van der Waals surface area contributed by atoms with Crippen molar-refractivity contribution in [3.05, 3.63) is 64.4 Å². The lowest BCUT2D eigenvalue weighted by atomic mass is 10.1. The van der Waals surface area contributed by atoms with Crippen LogP contribution in [0.4, 0.5) is 0 Å². The normalized spacial score (nSPS) is 16.5. The SMILES string of the molecule is COc1ccc(S(=O)(=O)N(Cc2cc3cc(OC)ccc3[nH]c2=O)CC2CCCO2)cc1. The third-order valence-electron chi connectivity index (χ3n) is 5.60. The fraction of sp³-hybridized carbons (Fsp3) is 0.348. The van der Waals surface area contributed by atoms with Crippen LogP contribution in [0.3, 0.4) is 0 Å². The molecular formula is C23H26N2O6S. The van der Waals surface area contributed by atoms with Gasteiger partial charge in [-0.15, -0.1) is 0 Å². The number of methoxy groups -OCH3 is 2. The third kappa shape index (κ3) is 4.64. The van der Waals surface area contributed by atoms with Gasteiger partial charge in [-0.25, -0.2) is 8.42 Å². The molecule has 8 nitrogen and oxygen atoms in total. The van der Waals surface area contributed by atoms with Gasteiger partial charge in [0, 0.05) is 36.2 Å². The van der Waals surface area contributed by atoms with Gasteiger partial charge in [0.1, 0.15) is 11.5 Å². The Morgan fingerprint density at radius 1 is 1.06 bits per heavy atom. The van der Waals surface area contributed by atoms with Crippen molar-refractivity contribution in [2.45, 2.75) is 30.4 Å². The maximum atomic E-state index is 13.5. The highest BCUT2D eigenvalue weighted by molar-refractivity contribution is 7.89. The van der Waals surface area contributed by atoms with E-state index >= 15 is 0 Å². The zero-order chi connectivity index (χ0) is 22.7. The van der Waals surface area contributed by atoms with Gasteiger partial charge >= 0.3 is 0 Å². The number of H-pyrrole nitrogens is 1. The Morgan fingerprint density at radius 3 is 2.44 bits per heavy atom. The average Bonchev–Trinajstić information content (AvgIpc) is 3.32. The van der Waals surface area contributed by atoms with Crippen LogP contribution in [0.2, 0.25) is 0 Å². The molecule has 0 radical (unpaired) electrons. The van der Waals surface area contributed by atoms with Gasteiger partial charge in [-0.2, -0.15) is 4.31 Å². The minimum atomic E-state index is -3.87. The van der Waals surface area contributed by atoms with Gasteiger partial charge in [0.25, 0.3) is 5.56 Å². The highest BCUT2D eigenvalue weighted by Crippen LogP contribution is 2.25. The second-order valence-electron chi connectivity index (χ2n) is 7.68. The first kappa shape index (κ1) is 22.3. The number of pyridine rings is 1. The minimum Gasteiger partial charge on any atom is -0.497 e. The van der Waals surface area contributed by atoms with Crippen LogP contribution in [0, 0.1) is 0 Å². The van der Waals surface area contributed by atoms with Crippen molar-refractivity contribution in [1.29, 1.82) is 0 Å². The summed E-state index contributed by atoms with van der Waals surface area (Å²) in [5.74, 6) is 1.21. The summed E-state index contributed by atoms with van der Waals surface area (Å²) in [7, 11) is -0.784. The van der Waals surface area contributed by atoms with E-state index in [-0.39, 0.29) is 29.6 Å². The van der Waals surface area contributed by atoms with Gasteiger partial charge in [-0.1, -0.05) is 0 Å². The van der Waals surface area contributed by atoms with E-state index in [9.17, 15) is 13.2 Å². The lowest BCUT2D eigenvalue weighted by Gasteiger charge is -2.25. The number of fused-ring (bicyclic) bond motifs is 1. The van der Waals surface area contributed by atoms with E-state index in [1.54, 1.807) is 43.5 Å². The number of ether oxygens (including phenoxy) is 3. The molecule has 1 fully saturated rings. The molecule has 4 rings (SSSR count). The van der Waals surface area contributed by atoms with Gasteiger partial charge in [-0.3, -0.25) is 4.79 Å². The molecule has 0 spiro atoms. The fourth-order valence-corrected chi connectivity index (χ4v) is 5.27. The van der Waals surface area contributed by atoms with Crippen molar-refractivity contribution in [3.63, 3.8) is 0 Å². The van der Waals surface area contributed by atoms with Crippen LogP contribution in [0.1, 0.15) is 18.4 Å². The molecule has 0 bridgehead atoms. The Hall–Kier alpha value is -2.88. The van der Waals surface area contributed by atoms with Gasteiger partial charge in [-0.05, 0) is 61.4 Å². The summed E-state index contributed by atoms with van der Waals surface area (Å²) in [6.07, 6.45) is 1.46. The number of hydrogen-bond donors (Lipinski definition) is 1. The first-order chi connectivity index (χ1) is 15.4. The Morgan fingerprint density at radius 2 is 1.78 bits per heavy atom. The van der Waals surface area contributed by atoms with E-state index in [4.69, 9.17) is 14.2 Å². The molecule has 0 amide bonds. The van der Waals surface area contributed by atoms with Crippen LogP contribution in [0.25, 0.3) is 10.9 Å². The van der Waals surface area contributed by atoms with Crippen molar-refractivity contribution in [3.8, 4) is 11.5 Å². The Labute approximate surface area is 186 Å². The van der Waals surface area contributed by atoms with Crippen molar-refractivity contribution >= 4 is 20.9 Å². The molecule has 2 heterocycles. The van der Waals surface area contributed by atoms with Gasteiger partial charge in [0.05, 0.1) is 25.2 Å². The van der Waals surface area contributed by atoms with Crippen molar-refractivity contribution in [2.24, 2.45) is 0 Å². The van der Waals surface area contributed by atoms with Crippen molar-refractivity contribution < 1.29 is 22.6 Å². The summed E-state index contributed by atoms with van der Waals surface area (Å²) >= 11 is 0. The smallest absolute Gasteiger partial charge is 0.252 e. The molecule has 3 aromatic rings. The zero-order valence-corrected chi connectivity index (χ0v) is 18.9. The van der Waals surface area contributed by atoms with Gasteiger partial charge in [0.15, 0.2) is 0 Å². The highest BCUT2D eigenvalue weighted by Gasteiger charge is 2.30. The molecule has 1 unspecified atom stereocenters. The number of benzene rings is 2. The van der Waals surface area contributed by atoms with Crippen LogP contribution < -0.4 is 15.0 Å². The number of nitrogens with zero attached hydrogens (tertiary/aromatic N) is 1. The van der Waals surface area contributed by atoms with Crippen LogP contribution in [0.15, 0.2) is 58.2 Å². The zero-order valence-electron chi connectivity index (χ0n) is 18.0. The molecule has 1 atom stereocenters. The molecule has 32 heavy (non-hydrogen) atoms. The van der Waals surface area contributed by atoms with E-state index in [0.29, 0.717) is 29.2 Å². The molecule has 0 saturated carbocycles. The summed E-state index contributed by atoms with van der Waals surface area (Å²) in [5, 5.41) is 0.762. The molecule has 1 aliphatic rings. The molecule has 2 aromatic carbocycles. The van der Waals surface area contributed by atoms with Crippen molar-refractivity contribution in [1.82, 2.24) is 9.29 Å². The third-order valence-corrected chi connectivity index (χ3v) is 7.43. The number of sulfonamides is 1.